The Morgan fingerprint density at radius 2 is 1.91 bits per heavy atom. The lowest BCUT2D eigenvalue weighted by Crippen LogP contribution is -2.41. The maximum atomic E-state index is 4.62. The van der Waals surface area contributed by atoms with E-state index >= 15 is 0 Å². The van der Waals surface area contributed by atoms with Crippen molar-refractivity contribution in [1.82, 2.24) is 14.7 Å². The molecule has 1 aliphatic heterocycles. The van der Waals surface area contributed by atoms with Crippen molar-refractivity contribution in [3.8, 4) is 0 Å². The number of piperidine rings is 1. The number of aryl methyl sites for hydroxylation is 2. The summed E-state index contributed by atoms with van der Waals surface area (Å²) in [7, 11) is 0. The molecule has 0 atom stereocenters. The quantitative estimate of drug-likeness (QED) is 0.865. The van der Waals surface area contributed by atoms with E-state index in [1.54, 1.807) is 11.1 Å². The zero-order valence-corrected chi connectivity index (χ0v) is 13.5. The van der Waals surface area contributed by atoms with Crippen molar-refractivity contribution in [3.05, 3.63) is 53.3 Å². The third kappa shape index (κ3) is 2.38. The van der Waals surface area contributed by atoms with Crippen LogP contribution in [0.2, 0.25) is 0 Å². The number of likely N-dealkylation sites (tertiary alicyclic amines) is 1. The summed E-state index contributed by atoms with van der Waals surface area (Å²) in [6.45, 7) is 6.50. The Hall–Kier alpha value is -1.61. The molecule has 2 aromatic rings. The molecule has 0 radical (unpaired) electrons. The van der Waals surface area contributed by atoms with E-state index in [1.807, 2.05) is 4.68 Å². The van der Waals surface area contributed by atoms with Crippen LogP contribution in [-0.2, 0) is 24.9 Å². The summed E-state index contributed by atoms with van der Waals surface area (Å²) in [4.78, 5) is 2.58. The summed E-state index contributed by atoms with van der Waals surface area (Å²) in [5, 5.41) is 4.62. The SMILES string of the molecule is CCn1ccc(CN2CCC3(CCc4ccccc43)CC2)n1. The average Bonchev–Trinajstić information content (AvgIpc) is 3.16. The van der Waals surface area contributed by atoms with Crippen molar-refractivity contribution in [2.45, 2.75) is 51.1 Å². The van der Waals surface area contributed by atoms with Gasteiger partial charge in [0.1, 0.15) is 0 Å². The lowest BCUT2D eigenvalue weighted by atomic mass is 9.74. The van der Waals surface area contributed by atoms with Crippen molar-refractivity contribution in [2.75, 3.05) is 13.1 Å². The first kappa shape index (κ1) is 14.0. The van der Waals surface area contributed by atoms with Gasteiger partial charge in [0.15, 0.2) is 0 Å². The summed E-state index contributed by atoms with van der Waals surface area (Å²) >= 11 is 0. The maximum Gasteiger partial charge on any atom is 0.0764 e. The number of nitrogens with zero attached hydrogens (tertiary/aromatic N) is 3. The number of rotatable bonds is 3. The molecule has 1 aromatic heterocycles. The first-order chi connectivity index (χ1) is 10.8. The molecule has 1 aromatic carbocycles. The number of fused-ring (bicyclic) bond motifs is 2. The Bertz CT molecular complexity index is 650. The maximum absolute atomic E-state index is 4.62. The van der Waals surface area contributed by atoms with E-state index in [4.69, 9.17) is 0 Å². The Morgan fingerprint density at radius 1 is 1.09 bits per heavy atom. The van der Waals surface area contributed by atoms with Crippen LogP contribution in [0.5, 0.6) is 0 Å². The Kier molecular flexibility index (Phi) is 3.53. The molecule has 2 heterocycles. The summed E-state index contributed by atoms with van der Waals surface area (Å²) in [6.07, 6.45) is 7.33. The molecule has 2 aliphatic rings. The van der Waals surface area contributed by atoms with Gasteiger partial charge in [0.25, 0.3) is 0 Å². The third-order valence-corrected chi connectivity index (χ3v) is 5.68. The van der Waals surface area contributed by atoms with E-state index in [-0.39, 0.29) is 0 Å². The normalized spacial score (nSPS) is 20.4. The van der Waals surface area contributed by atoms with E-state index in [9.17, 15) is 0 Å². The minimum absolute atomic E-state index is 0.468. The molecule has 1 aliphatic carbocycles. The van der Waals surface area contributed by atoms with E-state index < -0.39 is 0 Å². The number of benzene rings is 1. The Labute approximate surface area is 132 Å². The molecule has 22 heavy (non-hydrogen) atoms. The van der Waals surface area contributed by atoms with Crippen molar-refractivity contribution >= 4 is 0 Å². The second kappa shape index (κ2) is 5.54. The average molecular weight is 295 g/mol. The first-order valence-corrected chi connectivity index (χ1v) is 8.62. The van der Waals surface area contributed by atoms with Crippen LogP contribution in [-0.4, -0.2) is 27.8 Å². The standard InChI is InChI=1S/C19H25N3/c1-2-22-12-8-17(20-22)15-21-13-10-19(11-14-21)9-7-16-5-3-4-6-18(16)19/h3-6,8,12H,2,7,9-11,13-15H2,1H3. The molecule has 3 heteroatoms. The van der Waals surface area contributed by atoms with Crippen molar-refractivity contribution in [2.24, 2.45) is 0 Å². The second-order valence-corrected chi connectivity index (χ2v) is 6.88. The van der Waals surface area contributed by atoms with Crippen LogP contribution in [0.1, 0.15) is 43.0 Å². The van der Waals surface area contributed by atoms with Crippen LogP contribution < -0.4 is 0 Å². The molecule has 0 bridgehead atoms. The molecule has 3 nitrogen and oxygen atoms in total. The summed E-state index contributed by atoms with van der Waals surface area (Å²) in [5.74, 6) is 0. The van der Waals surface area contributed by atoms with Gasteiger partial charge in [-0.15, -0.1) is 0 Å². The van der Waals surface area contributed by atoms with Crippen LogP contribution >= 0.6 is 0 Å². The van der Waals surface area contributed by atoms with Crippen LogP contribution in [0, 0.1) is 0 Å². The van der Waals surface area contributed by atoms with Crippen LogP contribution in [0.25, 0.3) is 0 Å². The minimum Gasteiger partial charge on any atom is -0.297 e. The van der Waals surface area contributed by atoms with Gasteiger partial charge in [-0.1, -0.05) is 24.3 Å². The Balaban J connectivity index is 1.43. The fourth-order valence-corrected chi connectivity index (χ4v) is 4.32. The van der Waals surface area contributed by atoms with Gasteiger partial charge in [0, 0.05) is 19.3 Å². The monoisotopic (exact) mass is 295 g/mol. The summed E-state index contributed by atoms with van der Waals surface area (Å²) < 4.78 is 2.02. The molecule has 4 rings (SSSR count). The van der Waals surface area contributed by atoms with Crippen molar-refractivity contribution in [1.29, 1.82) is 0 Å². The molecule has 0 unspecified atom stereocenters. The van der Waals surface area contributed by atoms with Crippen LogP contribution in [0.3, 0.4) is 0 Å². The van der Waals surface area contributed by atoms with E-state index in [0.29, 0.717) is 5.41 Å². The highest BCUT2D eigenvalue weighted by Crippen LogP contribution is 2.46. The van der Waals surface area contributed by atoms with E-state index in [0.717, 1.165) is 13.1 Å². The Morgan fingerprint density at radius 3 is 2.68 bits per heavy atom. The number of hydrogen-bond acceptors (Lipinski definition) is 2. The molecule has 0 N–H and O–H groups in total. The molecule has 1 spiro atoms. The van der Waals surface area contributed by atoms with Crippen LogP contribution in [0.15, 0.2) is 36.5 Å². The highest BCUT2D eigenvalue weighted by Gasteiger charge is 2.40. The minimum atomic E-state index is 0.468. The van der Waals surface area contributed by atoms with Gasteiger partial charge in [-0.05, 0) is 68.3 Å². The molecular formula is C19H25N3. The fourth-order valence-electron chi connectivity index (χ4n) is 4.32. The fraction of sp³-hybridized carbons (Fsp3) is 0.526. The van der Waals surface area contributed by atoms with Gasteiger partial charge in [-0.2, -0.15) is 5.10 Å². The zero-order chi connectivity index (χ0) is 15.0. The van der Waals surface area contributed by atoms with Gasteiger partial charge in [0.05, 0.1) is 5.69 Å². The topological polar surface area (TPSA) is 21.1 Å². The van der Waals surface area contributed by atoms with E-state index in [1.165, 1.54) is 44.5 Å². The largest absolute Gasteiger partial charge is 0.297 e. The number of hydrogen-bond donors (Lipinski definition) is 0. The predicted octanol–water partition coefficient (Wildman–Crippen LogP) is 3.38. The lowest BCUT2D eigenvalue weighted by Gasteiger charge is -2.40. The first-order valence-electron chi connectivity index (χ1n) is 8.62. The van der Waals surface area contributed by atoms with Crippen LogP contribution in [0.4, 0.5) is 0 Å². The zero-order valence-electron chi connectivity index (χ0n) is 13.5. The van der Waals surface area contributed by atoms with Crippen molar-refractivity contribution < 1.29 is 0 Å². The highest BCUT2D eigenvalue weighted by atomic mass is 15.3. The molecule has 116 valence electrons. The molecule has 0 amide bonds. The lowest BCUT2D eigenvalue weighted by molar-refractivity contribution is 0.150. The van der Waals surface area contributed by atoms with Gasteiger partial charge in [0.2, 0.25) is 0 Å². The molecular weight excluding hydrogens is 270 g/mol. The summed E-state index contributed by atoms with van der Waals surface area (Å²) in [6, 6.07) is 11.3. The third-order valence-electron chi connectivity index (χ3n) is 5.68. The van der Waals surface area contributed by atoms with Gasteiger partial charge < -0.3 is 0 Å². The number of aromatic nitrogens is 2. The van der Waals surface area contributed by atoms with Gasteiger partial charge in [-0.3, -0.25) is 9.58 Å². The molecule has 0 saturated carbocycles. The van der Waals surface area contributed by atoms with Crippen molar-refractivity contribution in [3.63, 3.8) is 0 Å². The highest BCUT2D eigenvalue weighted by molar-refractivity contribution is 5.39. The smallest absolute Gasteiger partial charge is 0.0764 e. The van der Waals surface area contributed by atoms with Gasteiger partial charge in [-0.25, -0.2) is 0 Å². The molecule has 1 fully saturated rings. The second-order valence-electron chi connectivity index (χ2n) is 6.88. The van der Waals surface area contributed by atoms with Gasteiger partial charge >= 0.3 is 0 Å². The predicted molar refractivity (Wildman–Crippen MR) is 88.9 cm³/mol. The summed E-state index contributed by atoms with van der Waals surface area (Å²) in [5.41, 5.74) is 4.92. The van der Waals surface area contributed by atoms with E-state index in [2.05, 4.69) is 53.5 Å². The molecule has 1 saturated heterocycles.